The molecule has 1 amide bonds. The molecule has 2 aromatic heterocycles. The van der Waals surface area contributed by atoms with Crippen LogP contribution >= 0.6 is 0 Å². The van der Waals surface area contributed by atoms with Crippen LogP contribution in [0.4, 0.5) is 0 Å². The third-order valence-corrected chi connectivity index (χ3v) is 2.86. The first-order valence-corrected chi connectivity index (χ1v) is 6.68. The third-order valence-electron chi connectivity index (χ3n) is 2.14. The minimum Gasteiger partial charge on any atom is -0.742 e. The van der Waals surface area contributed by atoms with E-state index in [0.29, 0.717) is 0 Å². The molecule has 0 atom stereocenters. The fraction of sp³-hybridized carbons (Fsp3) is 0.100. The van der Waals surface area contributed by atoms with E-state index in [-0.39, 0.29) is 11.5 Å². The predicted octanol–water partition coefficient (Wildman–Crippen LogP) is -0.0209. The summed E-state index contributed by atoms with van der Waals surface area (Å²) in [6, 6.07) is 3.77. The quantitative estimate of drug-likeness (QED) is 0.461. The van der Waals surface area contributed by atoms with E-state index in [9.17, 15) is 17.8 Å². The number of aromatic amines is 1. The lowest BCUT2D eigenvalue weighted by molar-refractivity contribution is 0.0950. The lowest BCUT2D eigenvalue weighted by atomic mass is 10.4. The Balaban J connectivity index is 2.00. The van der Waals surface area contributed by atoms with Crippen molar-refractivity contribution in [2.75, 3.05) is 0 Å². The number of aromatic nitrogens is 2. The Labute approximate surface area is 113 Å². The van der Waals surface area contributed by atoms with Gasteiger partial charge < -0.3 is 8.97 Å². The van der Waals surface area contributed by atoms with E-state index in [2.05, 4.69) is 20.7 Å². The average molecular weight is 297 g/mol. The van der Waals surface area contributed by atoms with Gasteiger partial charge >= 0.3 is 0 Å². The molecule has 0 spiro atoms. The molecule has 20 heavy (non-hydrogen) atoms. The highest BCUT2D eigenvalue weighted by Gasteiger charge is 2.08. The topological polar surface area (TPSA) is 140 Å². The van der Waals surface area contributed by atoms with Crippen LogP contribution in [0, 0.1) is 6.92 Å². The van der Waals surface area contributed by atoms with Crippen molar-refractivity contribution >= 4 is 22.2 Å². The Morgan fingerprint density at radius 1 is 1.55 bits per heavy atom. The standard InChI is InChI=1S/C10H10N4O5S/c1-6-4-8(13-12-6)10(15)14-11-5-7-2-3-9(19-7)20(16,17)18/h2-5H,1H3,(H,12,13)(H,14,15)(H,16,17,18)/p-1/b11-5-. The highest BCUT2D eigenvalue weighted by molar-refractivity contribution is 7.85. The fourth-order valence-corrected chi connectivity index (χ4v) is 1.72. The summed E-state index contributed by atoms with van der Waals surface area (Å²) in [5.41, 5.74) is 3.04. The maximum Gasteiger partial charge on any atom is 0.291 e. The molecule has 2 aromatic rings. The molecule has 9 nitrogen and oxygen atoms in total. The van der Waals surface area contributed by atoms with E-state index in [1.165, 1.54) is 12.1 Å². The van der Waals surface area contributed by atoms with Gasteiger partial charge in [0, 0.05) is 5.69 Å². The number of carbonyl (C=O) groups is 1. The molecular weight excluding hydrogens is 288 g/mol. The van der Waals surface area contributed by atoms with Gasteiger partial charge in [0.1, 0.15) is 5.76 Å². The number of nitrogens with zero attached hydrogens (tertiary/aromatic N) is 2. The van der Waals surface area contributed by atoms with Crippen LogP contribution in [0.2, 0.25) is 0 Å². The molecule has 2 rings (SSSR count). The van der Waals surface area contributed by atoms with Gasteiger partial charge in [0.05, 0.1) is 6.21 Å². The number of aryl methyl sites for hydroxylation is 1. The molecule has 0 aliphatic heterocycles. The number of H-pyrrole nitrogens is 1. The largest absolute Gasteiger partial charge is 0.742 e. The van der Waals surface area contributed by atoms with E-state index < -0.39 is 21.1 Å². The van der Waals surface area contributed by atoms with Crippen LogP contribution < -0.4 is 5.43 Å². The van der Waals surface area contributed by atoms with Crippen molar-refractivity contribution < 1.29 is 22.2 Å². The van der Waals surface area contributed by atoms with E-state index in [1.807, 2.05) is 0 Å². The first kappa shape index (κ1) is 14.0. The second-order valence-corrected chi connectivity index (χ2v) is 5.06. The molecular formula is C10H9N4O5S-. The summed E-state index contributed by atoms with van der Waals surface area (Å²) in [6.45, 7) is 1.74. The van der Waals surface area contributed by atoms with Gasteiger partial charge in [-0.2, -0.15) is 10.2 Å². The van der Waals surface area contributed by atoms with E-state index in [1.54, 1.807) is 6.92 Å². The molecule has 106 valence electrons. The zero-order valence-electron chi connectivity index (χ0n) is 10.2. The summed E-state index contributed by atoms with van der Waals surface area (Å²) in [7, 11) is -4.64. The van der Waals surface area contributed by atoms with Crippen LogP contribution in [-0.2, 0) is 10.1 Å². The minimum atomic E-state index is -4.64. The molecule has 2 heterocycles. The molecule has 2 N–H and O–H groups in total. The molecule has 0 bridgehead atoms. The summed E-state index contributed by atoms with van der Waals surface area (Å²) in [6.07, 6.45) is 1.06. The van der Waals surface area contributed by atoms with Gasteiger partial charge in [-0.15, -0.1) is 0 Å². The summed E-state index contributed by atoms with van der Waals surface area (Å²) >= 11 is 0. The van der Waals surface area contributed by atoms with Crippen LogP contribution in [0.15, 0.2) is 32.8 Å². The molecule has 0 unspecified atom stereocenters. The number of hydrogen-bond acceptors (Lipinski definition) is 7. The lowest BCUT2D eigenvalue weighted by Gasteiger charge is -2.00. The van der Waals surface area contributed by atoms with E-state index in [4.69, 9.17) is 4.42 Å². The highest BCUT2D eigenvalue weighted by atomic mass is 32.2. The Bertz CT molecular complexity index is 758. The maximum atomic E-state index is 11.5. The number of rotatable bonds is 4. The molecule has 0 saturated carbocycles. The van der Waals surface area contributed by atoms with Gasteiger partial charge in [-0.1, -0.05) is 0 Å². The monoisotopic (exact) mass is 297 g/mol. The highest BCUT2D eigenvalue weighted by Crippen LogP contribution is 2.11. The first-order chi connectivity index (χ1) is 9.36. The maximum absolute atomic E-state index is 11.5. The number of nitrogens with one attached hydrogen (secondary N) is 2. The van der Waals surface area contributed by atoms with Gasteiger partial charge in [-0.05, 0) is 25.1 Å². The van der Waals surface area contributed by atoms with Gasteiger partial charge in [-0.3, -0.25) is 9.89 Å². The van der Waals surface area contributed by atoms with Crippen molar-refractivity contribution in [1.29, 1.82) is 0 Å². The number of carbonyl (C=O) groups excluding carboxylic acids is 1. The van der Waals surface area contributed by atoms with Crippen molar-refractivity contribution in [3.63, 3.8) is 0 Å². The van der Waals surface area contributed by atoms with Gasteiger partial charge in [-0.25, -0.2) is 13.8 Å². The van der Waals surface area contributed by atoms with Crippen LogP contribution in [0.1, 0.15) is 21.9 Å². The Hall–Kier alpha value is -2.46. The Morgan fingerprint density at radius 3 is 2.85 bits per heavy atom. The van der Waals surface area contributed by atoms with Crippen molar-refractivity contribution in [2.45, 2.75) is 12.0 Å². The van der Waals surface area contributed by atoms with Crippen molar-refractivity contribution in [3.05, 3.63) is 35.3 Å². The summed E-state index contributed by atoms with van der Waals surface area (Å²) in [5.74, 6) is -0.535. The molecule has 0 saturated heterocycles. The normalized spacial score (nSPS) is 11.9. The predicted molar refractivity (Wildman–Crippen MR) is 65.1 cm³/mol. The Kier molecular flexibility index (Phi) is 3.68. The summed E-state index contributed by atoms with van der Waals surface area (Å²) < 4.78 is 36.6. The van der Waals surface area contributed by atoms with Gasteiger partial charge in [0.15, 0.2) is 15.8 Å². The fourth-order valence-electron chi connectivity index (χ4n) is 1.28. The molecule has 10 heteroatoms. The average Bonchev–Trinajstić information content (AvgIpc) is 2.97. The van der Waals surface area contributed by atoms with Gasteiger partial charge in [0.25, 0.3) is 5.91 Å². The van der Waals surface area contributed by atoms with Crippen LogP contribution in [-0.4, -0.2) is 35.3 Å². The third kappa shape index (κ3) is 3.30. The van der Waals surface area contributed by atoms with E-state index in [0.717, 1.165) is 18.0 Å². The van der Waals surface area contributed by atoms with Crippen molar-refractivity contribution in [3.8, 4) is 0 Å². The number of hydrogen-bond donors (Lipinski definition) is 2. The number of furan rings is 1. The molecule has 0 aliphatic rings. The van der Waals surface area contributed by atoms with Crippen LogP contribution in [0.5, 0.6) is 0 Å². The zero-order valence-corrected chi connectivity index (χ0v) is 11.0. The zero-order chi connectivity index (χ0) is 14.8. The smallest absolute Gasteiger partial charge is 0.291 e. The molecule has 0 fully saturated rings. The Morgan fingerprint density at radius 2 is 2.30 bits per heavy atom. The minimum absolute atomic E-state index is 0.0120. The second kappa shape index (κ2) is 5.27. The SMILES string of the molecule is Cc1cc(C(=O)N/N=C\c2ccc(S(=O)(=O)[O-])o2)n[nH]1. The lowest BCUT2D eigenvalue weighted by Crippen LogP contribution is -2.17. The summed E-state index contributed by atoms with van der Waals surface area (Å²) in [5, 5.41) is 9.16. The van der Waals surface area contributed by atoms with E-state index >= 15 is 0 Å². The second-order valence-electron chi connectivity index (χ2n) is 3.75. The summed E-state index contributed by atoms with van der Waals surface area (Å²) in [4.78, 5) is 11.5. The molecule has 0 aliphatic carbocycles. The van der Waals surface area contributed by atoms with Gasteiger partial charge in [0.2, 0.25) is 5.09 Å². The first-order valence-electron chi connectivity index (χ1n) is 5.27. The van der Waals surface area contributed by atoms with Crippen LogP contribution in [0.25, 0.3) is 0 Å². The van der Waals surface area contributed by atoms with Crippen molar-refractivity contribution in [1.82, 2.24) is 15.6 Å². The molecule has 0 aromatic carbocycles. The molecule has 0 radical (unpaired) electrons. The number of hydrazone groups is 1. The number of amides is 1. The van der Waals surface area contributed by atoms with Crippen molar-refractivity contribution in [2.24, 2.45) is 5.10 Å². The van der Waals surface area contributed by atoms with Crippen LogP contribution in [0.3, 0.4) is 0 Å².